The summed E-state index contributed by atoms with van der Waals surface area (Å²) in [4.78, 5) is 0. The number of allylic oxidation sites excluding steroid dienone is 2. The van der Waals surface area contributed by atoms with Gasteiger partial charge in [-0.05, 0) is 0 Å². The van der Waals surface area contributed by atoms with E-state index in [2.05, 4.69) is 25.5 Å². The maximum atomic E-state index is 13.7. The van der Waals surface area contributed by atoms with E-state index in [0.717, 1.165) is 25.7 Å². The zero-order valence-corrected chi connectivity index (χ0v) is 11.7. The van der Waals surface area contributed by atoms with Crippen LogP contribution in [0.15, 0.2) is 10.3 Å². The molecule has 0 saturated carbocycles. The van der Waals surface area contributed by atoms with Gasteiger partial charge in [-0.3, -0.25) is 0 Å². The SMILES string of the molecule is CCCC/C(F)=C(/CCCC)[Se+](C)C. The standard InChI is InChI=1S/C12H24FSe/c1-5-7-9-11(13)12(14(3)4)10-8-6-2/h5-10H2,1-4H3/q+1/b12-11+. The van der Waals surface area contributed by atoms with Crippen LogP contribution in [0.1, 0.15) is 52.4 Å². The first kappa shape index (κ1) is 14.2. The Hall–Kier alpha value is 0.189. The van der Waals surface area contributed by atoms with Crippen molar-refractivity contribution in [1.82, 2.24) is 0 Å². The second-order valence-corrected chi connectivity index (χ2v) is 8.31. The van der Waals surface area contributed by atoms with Gasteiger partial charge < -0.3 is 0 Å². The molecule has 2 heteroatoms. The quantitative estimate of drug-likeness (QED) is 0.576. The number of hydrogen-bond acceptors (Lipinski definition) is 0. The minimum absolute atomic E-state index is 0.218. The molecule has 0 atom stereocenters. The van der Waals surface area contributed by atoms with Gasteiger partial charge in [0.15, 0.2) is 0 Å². The van der Waals surface area contributed by atoms with Crippen molar-refractivity contribution >= 4 is 13.9 Å². The molecule has 0 unspecified atom stereocenters. The summed E-state index contributed by atoms with van der Waals surface area (Å²) in [5.41, 5.74) is 0. The van der Waals surface area contributed by atoms with Crippen molar-refractivity contribution in [3.8, 4) is 0 Å². The second-order valence-electron chi connectivity index (χ2n) is 3.85. The van der Waals surface area contributed by atoms with Gasteiger partial charge in [0, 0.05) is 0 Å². The molecule has 0 aliphatic carbocycles. The summed E-state index contributed by atoms with van der Waals surface area (Å²) in [7, 11) is 0. The van der Waals surface area contributed by atoms with E-state index in [1.807, 2.05) is 0 Å². The first-order valence-corrected chi connectivity index (χ1v) is 9.86. The van der Waals surface area contributed by atoms with E-state index in [-0.39, 0.29) is 5.83 Å². The number of rotatable bonds is 7. The third-order valence-electron chi connectivity index (χ3n) is 2.30. The van der Waals surface area contributed by atoms with Crippen LogP contribution in [0.4, 0.5) is 4.39 Å². The van der Waals surface area contributed by atoms with Gasteiger partial charge in [-0.25, -0.2) is 0 Å². The Bertz CT molecular complexity index is 173. The van der Waals surface area contributed by atoms with Crippen molar-refractivity contribution in [3.05, 3.63) is 10.3 Å². The van der Waals surface area contributed by atoms with Crippen molar-refractivity contribution in [3.63, 3.8) is 0 Å². The third-order valence-corrected chi connectivity index (χ3v) is 5.26. The Labute approximate surface area is 92.9 Å². The predicted octanol–water partition coefficient (Wildman–Crippen LogP) is 4.88. The maximum absolute atomic E-state index is 13.7. The van der Waals surface area contributed by atoms with Crippen LogP contribution in [0, 0.1) is 0 Å². The Balaban J connectivity index is 4.26. The van der Waals surface area contributed by atoms with Crippen LogP contribution in [0.2, 0.25) is 11.6 Å². The molecule has 0 amide bonds. The van der Waals surface area contributed by atoms with Gasteiger partial charge in [-0.2, -0.15) is 0 Å². The first-order valence-electron chi connectivity index (χ1n) is 5.58. The molecule has 14 heavy (non-hydrogen) atoms. The van der Waals surface area contributed by atoms with E-state index < -0.39 is 13.9 Å². The van der Waals surface area contributed by atoms with E-state index in [0.29, 0.717) is 6.42 Å². The summed E-state index contributed by atoms with van der Waals surface area (Å²) in [5.74, 6) is 4.66. The van der Waals surface area contributed by atoms with E-state index >= 15 is 0 Å². The van der Waals surface area contributed by atoms with Gasteiger partial charge in [-0.15, -0.1) is 0 Å². The van der Waals surface area contributed by atoms with E-state index in [1.165, 1.54) is 10.9 Å². The van der Waals surface area contributed by atoms with E-state index in [4.69, 9.17) is 0 Å². The topological polar surface area (TPSA) is 0 Å². The molecule has 0 fully saturated rings. The normalized spacial score (nSPS) is 13.3. The van der Waals surface area contributed by atoms with Crippen molar-refractivity contribution in [1.29, 1.82) is 0 Å². The summed E-state index contributed by atoms with van der Waals surface area (Å²) < 4.78 is 14.9. The zero-order chi connectivity index (χ0) is 11.0. The molecule has 0 radical (unpaired) electrons. The van der Waals surface area contributed by atoms with Crippen LogP contribution in [-0.2, 0) is 0 Å². The van der Waals surface area contributed by atoms with Crippen LogP contribution < -0.4 is 0 Å². The van der Waals surface area contributed by atoms with Gasteiger partial charge in [0.25, 0.3) is 0 Å². The first-order chi connectivity index (χ1) is 6.63. The fourth-order valence-electron chi connectivity index (χ4n) is 1.37. The molecule has 0 nitrogen and oxygen atoms in total. The molecular weight excluding hydrogens is 242 g/mol. The summed E-state index contributed by atoms with van der Waals surface area (Å²) in [5, 5.41) is 0. The van der Waals surface area contributed by atoms with Gasteiger partial charge in [0.1, 0.15) is 0 Å². The van der Waals surface area contributed by atoms with Gasteiger partial charge in [0.2, 0.25) is 0 Å². The fraction of sp³-hybridized carbons (Fsp3) is 0.833. The number of hydrogen-bond donors (Lipinski definition) is 0. The average molecular weight is 266 g/mol. The van der Waals surface area contributed by atoms with Gasteiger partial charge >= 0.3 is 92.6 Å². The molecule has 0 saturated heterocycles. The van der Waals surface area contributed by atoms with Crippen molar-refractivity contribution in [2.24, 2.45) is 0 Å². The van der Waals surface area contributed by atoms with Crippen LogP contribution in [-0.4, -0.2) is 13.9 Å². The molecule has 84 valence electrons. The molecule has 0 spiro atoms. The Morgan fingerprint density at radius 3 is 1.93 bits per heavy atom. The Kier molecular flexibility index (Phi) is 8.61. The molecule has 0 rings (SSSR count). The van der Waals surface area contributed by atoms with Crippen molar-refractivity contribution in [2.45, 2.75) is 64.0 Å². The number of unbranched alkanes of at least 4 members (excludes halogenated alkanes) is 2. The van der Waals surface area contributed by atoms with E-state index in [9.17, 15) is 4.39 Å². The minimum atomic E-state index is -0.784. The average Bonchev–Trinajstić information content (AvgIpc) is 2.14. The van der Waals surface area contributed by atoms with Crippen LogP contribution in [0.25, 0.3) is 0 Å². The fourth-order valence-corrected chi connectivity index (χ4v) is 3.67. The summed E-state index contributed by atoms with van der Waals surface area (Å²) >= 11 is -0.784. The van der Waals surface area contributed by atoms with Crippen molar-refractivity contribution in [2.75, 3.05) is 0 Å². The summed E-state index contributed by atoms with van der Waals surface area (Å²) in [6.45, 7) is 4.28. The zero-order valence-electron chi connectivity index (χ0n) is 10.0. The predicted molar refractivity (Wildman–Crippen MR) is 64.7 cm³/mol. The van der Waals surface area contributed by atoms with Crippen LogP contribution in [0.5, 0.6) is 0 Å². The van der Waals surface area contributed by atoms with Gasteiger partial charge in [-0.1, -0.05) is 0 Å². The molecular formula is C12H24FSe+. The molecule has 0 aromatic rings. The van der Waals surface area contributed by atoms with Crippen molar-refractivity contribution < 1.29 is 4.39 Å². The number of halogens is 1. The molecule has 0 aliphatic heterocycles. The second kappa shape index (κ2) is 8.49. The molecule has 0 aromatic carbocycles. The van der Waals surface area contributed by atoms with E-state index in [1.54, 1.807) is 0 Å². The molecule has 0 aliphatic rings. The molecule has 0 N–H and O–H groups in total. The monoisotopic (exact) mass is 267 g/mol. The molecule has 0 aromatic heterocycles. The van der Waals surface area contributed by atoms with Crippen LogP contribution >= 0.6 is 0 Å². The van der Waals surface area contributed by atoms with Gasteiger partial charge in [0.05, 0.1) is 0 Å². The summed E-state index contributed by atoms with van der Waals surface area (Å²) in [6.07, 6.45) is 6.09. The Morgan fingerprint density at radius 2 is 1.50 bits per heavy atom. The third kappa shape index (κ3) is 5.82. The summed E-state index contributed by atoms with van der Waals surface area (Å²) in [6, 6.07) is 0. The molecule has 0 heterocycles. The van der Waals surface area contributed by atoms with Crippen LogP contribution in [0.3, 0.4) is 0 Å². The molecule has 0 bridgehead atoms. The Morgan fingerprint density at radius 1 is 1.00 bits per heavy atom.